The molecule has 10 heteroatoms. The molecule has 1 aliphatic heterocycles. The van der Waals surface area contributed by atoms with Gasteiger partial charge in [-0.1, -0.05) is 0 Å². The average molecular weight is 423 g/mol. The van der Waals surface area contributed by atoms with Crippen LogP contribution in [0.2, 0.25) is 0 Å². The number of carbonyl (C=O) groups excluding carboxylic acids is 1. The van der Waals surface area contributed by atoms with Gasteiger partial charge in [-0.05, 0) is 52.0 Å². The Kier molecular flexibility index (Phi) is 3.69. The van der Waals surface area contributed by atoms with E-state index in [1.807, 2.05) is 6.07 Å². The maximum Gasteiger partial charge on any atom is 0.424 e. The first-order valence-corrected chi connectivity index (χ1v) is 10.2. The van der Waals surface area contributed by atoms with E-state index >= 15 is 0 Å². The second kappa shape index (κ2) is 5.66. The highest BCUT2D eigenvalue weighted by Gasteiger charge is 2.59. The van der Waals surface area contributed by atoms with Crippen LogP contribution in [0.5, 0.6) is 0 Å². The number of nitrogens with two attached hydrogens (primary N) is 1. The van der Waals surface area contributed by atoms with Gasteiger partial charge in [0.25, 0.3) is 0 Å². The van der Waals surface area contributed by atoms with Gasteiger partial charge in [-0.3, -0.25) is 9.48 Å². The fourth-order valence-corrected chi connectivity index (χ4v) is 5.73. The summed E-state index contributed by atoms with van der Waals surface area (Å²) in [6, 6.07) is 1.55. The van der Waals surface area contributed by atoms with Gasteiger partial charge in [0.2, 0.25) is 11.5 Å². The predicted octanol–water partition coefficient (Wildman–Crippen LogP) is 2.78. The lowest BCUT2D eigenvalue weighted by Crippen LogP contribution is -2.42. The molecule has 2 atom stereocenters. The van der Waals surface area contributed by atoms with E-state index in [1.54, 1.807) is 11.6 Å². The molecule has 162 valence electrons. The molecule has 0 spiro atoms. The van der Waals surface area contributed by atoms with Crippen LogP contribution in [-0.4, -0.2) is 36.5 Å². The Labute approximate surface area is 171 Å². The number of aliphatic hydroxyl groups is 1. The van der Waals surface area contributed by atoms with E-state index in [2.05, 4.69) is 4.98 Å². The number of carbonyl (C=O) groups is 1. The van der Waals surface area contributed by atoms with E-state index in [4.69, 9.17) is 10.8 Å². The fourth-order valence-electron chi connectivity index (χ4n) is 5.73. The maximum atomic E-state index is 13.4. The summed E-state index contributed by atoms with van der Waals surface area (Å²) in [6.07, 6.45) is 0.355. The van der Waals surface area contributed by atoms with Crippen molar-refractivity contribution in [3.63, 3.8) is 0 Å². The third-order valence-electron chi connectivity index (χ3n) is 7.61. The SMILES string of the molecule is C[C@H]1Cn2nc(C34CCC(C(N)=O)(CC3)C4)cc2-c2cnc([C@@](C)(O)C(F)(F)F)n21. The van der Waals surface area contributed by atoms with Crippen molar-refractivity contribution in [2.75, 3.05) is 0 Å². The van der Waals surface area contributed by atoms with Gasteiger partial charge in [-0.25, -0.2) is 4.98 Å². The lowest BCUT2D eigenvalue weighted by molar-refractivity contribution is -0.262. The number of rotatable bonds is 3. The normalized spacial score (nSPS) is 32.0. The molecule has 2 aliphatic carbocycles. The zero-order valence-corrected chi connectivity index (χ0v) is 16.8. The first kappa shape index (κ1) is 19.6. The summed E-state index contributed by atoms with van der Waals surface area (Å²) in [6.45, 7) is 2.88. The number of hydrogen-bond donors (Lipinski definition) is 2. The Morgan fingerprint density at radius 2 is 1.93 bits per heavy atom. The summed E-state index contributed by atoms with van der Waals surface area (Å²) >= 11 is 0. The molecule has 3 N–H and O–H groups in total. The molecule has 7 nitrogen and oxygen atoms in total. The number of halogens is 3. The standard InChI is InChI=1S/C20H24F3N5O2/c1-11-9-27-12(13-8-25-16(28(11)13)17(2,30)20(21,22)23)7-14(26-27)18-3-5-19(10-18,6-4-18)15(24)29/h7-8,11,30H,3-6,9-10H2,1-2H3,(H2,24,29)/t11-,17+,18?,19?/m0/s1. The van der Waals surface area contributed by atoms with Crippen LogP contribution < -0.4 is 5.73 Å². The van der Waals surface area contributed by atoms with Gasteiger partial charge in [-0.15, -0.1) is 0 Å². The maximum absolute atomic E-state index is 13.4. The number of primary amides is 1. The average Bonchev–Trinajstić information content (AvgIpc) is 3.41. The lowest BCUT2D eigenvalue weighted by atomic mass is 9.80. The molecule has 0 aromatic carbocycles. The minimum atomic E-state index is -4.84. The van der Waals surface area contributed by atoms with Gasteiger partial charge < -0.3 is 15.4 Å². The van der Waals surface area contributed by atoms with Crippen molar-refractivity contribution in [3.8, 4) is 11.4 Å². The Morgan fingerprint density at radius 3 is 2.50 bits per heavy atom. The van der Waals surface area contributed by atoms with Crippen LogP contribution in [0.1, 0.15) is 63.5 Å². The number of imidazole rings is 1. The van der Waals surface area contributed by atoms with Crippen molar-refractivity contribution >= 4 is 5.91 Å². The highest BCUT2D eigenvalue weighted by Crippen LogP contribution is 2.62. The van der Waals surface area contributed by atoms with Crippen molar-refractivity contribution in [1.82, 2.24) is 19.3 Å². The predicted molar refractivity (Wildman–Crippen MR) is 100 cm³/mol. The second-order valence-corrected chi connectivity index (χ2v) is 9.45. The molecule has 0 saturated heterocycles. The van der Waals surface area contributed by atoms with E-state index in [9.17, 15) is 23.1 Å². The van der Waals surface area contributed by atoms with E-state index < -0.39 is 23.0 Å². The molecule has 0 radical (unpaired) electrons. The summed E-state index contributed by atoms with van der Waals surface area (Å²) in [5, 5.41) is 15.0. The molecular weight excluding hydrogens is 399 g/mol. The molecule has 2 fully saturated rings. The number of amides is 1. The number of aromatic nitrogens is 4. The monoisotopic (exact) mass is 423 g/mol. The highest BCUT2D eigenvalue weighted by atomic mass is 19.4. The topological polar surface area (TPSA) is 99.0 Å². The first-order valence-electron chi connectivity index (χ1n) is 10.2. The molecule has 0 unspecified atom stereocenters. The molecule has 2 aromatic heterocycles. The lowest BCUT2D eigenvalue weighted by Gasteiger charge is -2.31. The minimum absolute atomic E-state index is 0.215. The molecule has 5 rings (SSSR count). The molecule has 3 heterocycles. The number of fused-ring (bicyclic) bond motifs is 5. The highest BCUT2D eigenvalue weighted by molar-refractivity contribution is 5.82. The van der Waals surface area contributed by atoms with Gasteiger partial charge in [0.05, 0.1) is 35.9 Å². The Morgan fingerprint density at radius 1 is 1.27 bits per heavy atom. The van der Waals surface area contributed by atoms with Gasteiger partial charge in [0, 0.05) is 10.8 Å². The Hall–Kier alpha value is -2.36. The molecule has 30 heavy (non-hydrogen) atoms. The molecule has 2 bridgehead atoms. The van der Waals surface area contributed by atoms with Crippen molar-refractivity contribution in [2.45, 2.75) is 75.7 Å². The van der Waals surface area contributed by atoms with Gasteiger partial charge >= 0.3 is 6.18 Å². The molecule has 2 saturated carbocycles. The van der Waals surface area contributed by atoms with Crippen molar-refractivity contribution in [2.24, 2.45) is 11.1 Å². The van der Waals surface area contributed by atoms with Crippen LogP contribution in [-0.2, 0) is 22.4 Å². The van der Waals surface area contributed by atoms with Crippen molar-refractivity contribution < 1.29 is 23.1 Å². The van der Waals surface area contributed by atoms with Crippen LogP contribution in [0.4, 0.5) is 13.2 Å². The van der Waals surface area contributed by atoms with Crippen LogP contribution in [0.15, 0.2) is 12.3 Å². The van der Waals surface area contributed by atoms with Gasteiger partial charge in [-0.2, -0.15) is 18.3 Å². The second-order valence-electron chi connectivity index (χ2n) is 9.45. The number of nitrogens with zero attached hydrogens (tertiary/aromatic N) is 4. The molecule has 3 aliphatic rings. The fraction of sp³-hybridized carbons (Fsp3) is 0.650. The largest absolute Gasteiger partial charge is 0.424 e. The molecular formula is C20H24F3N5O2. The van der Waals surface area contributed by atoms with Gasteiger partial charge in [0.15, 0.2) is 5.82 Å². The van der Waals surface area contributed by atoms with Crippen LogP contribution in [0.25, 0.3) is 11.4 Å². The molecule has 1 amide bonds. The zero-order valence-electron chi connectivity index (χ0n) is 16.8. The zero-order chi connectivity index (χ0) is 21.7. The van der Waals surface area contributed by atoms with Crippen molar-refractivity contribution in [3.05, 3.63) is 23.8 Å². The van der Waals surface area contributed by atoms with Crippen LogP contribution >= 0.6 is 0 Å². The van der Waals surface area contributed by atoms with Crippen molar-refractivity contribution in [1.29, 1.82) is 0 Å². The summed E-state index contributed by atoms with van der Waals surface area (Å²) in [4.78, 5) is 16.0. The summed E-state index contributed by atoms with van der Waals surface area (Å²) in [5.74, 6) is -0.671. The summed E-state index contributed by atoms with van der Waals surface area (Å²) in [5.41, 5.74) is 3.99. The molecule has 2 aromatic rings. The van der Waals surface area contributed by atoms with Gasteiger partial charge in [0.1, 0.15) is 0 Å². The third kappa shape index (κ3) is 2.34. The number of alkyl halides is 3. The van der Waals surface area contributed by atoms with Crippen LogP contribution in [0, 0.1) is 5.41 Å². The smallest absolute Gasteiger partial charge is 0.374 e. The summed E-state index contributed by atoms with van der Waals surface area (Å²) in [7, 11) is 0. The van der Waals surface area contributed by atoms with E-state index in [1.165, 1.54) is 10.8 Å². The Bertz CT molecular complexity index is 1040. The van der Waals surface area contributed by atoms with E-state index in [0.29, 0.717) is 24.4 Å². The minimum Gasteiger partial charge on any atom is -0.374 e. The van der Waals surface area contributed by atoms with Crippen LogP contribution in [0.3, 0.4) is 0 Å². The summed E-state index contributed by atoms with van der Waals surface area (Å²) < 4.78 is 43.6. The first-order chi connectivity index (χ1) is 13.9. The Balaban J connectivity index is 1.58. The third-order valence-corrected chi connectivity index (χ3v) is 7.61. The van der Waals surface area contributed by atoms with E-state index in [-0.39, 0.29) is 17.4 Å². The number of hydrogen-bond acceptors (Lipinski definition) is 4. The van der Waals surface area contributed by atoms with E-state index in [0.717, 1.165) is 38.3 Å². The quantitative estimate of drug-likeness (QED) is 0.793.